The molecule has 0 radical (unpaired) electrons. The molecule has 0 saturated heterocycles. The highest BCUT2D eigenvalue weighted by Crippen LogP contribution is 2.13. The molecule has 9 heteroatoms. The van der Waals surface area contributed by atoms with Gasteiger partial charge in [0.1, 0.15) is 11.8 Å². The molecule has 0 aliphatic carbocycles. The van der Waals surface area contributed by atoms with Crippen LogP contribution in [0.1, 0.15) is 29.8 Å². The molecule has 0 aliphatic heterocycles. The third-order valence-corrected chi connectivity index (χ3v) is 4.17. The van der Waals surface area contributed by atoms with Crippen LogP contribution in [0.5, 0.6) is 5.75 Å². The smallest absolute Gasteiger partial charge is 0.341 e. The SMILES string of the molecule is CC(C)C(NC(=O)c1cccc(Cl)c1)C(=O)N/N=C/c1cccc(OCC(=O)O)c1. The number of carbonyl (C=O) groups is 3. The fourth-order valence-electron chi connectivity index (χ4n) is 2.46. The molecule has 3 N–H and O–H groups in total. The number of rotatable bonds is 9. The van der Waals surface area contributed by atoms with Crippen LogP contribution in [0.2, 0.25) is 5.02 Å². The Labute approximate surface area is 178 Å². The summed E-state index contributed by atoms with van der Waals surface area (Å²) in [5.74, 6) is -1.80. The number of aliphatic carboxylic acids is 1. The van der Waals surface area contributed by atoms with Gasteiger partial charge in [-0.2, -0.15) is 5.10 Å². The maximum Gasteiger partial charge on any atom is 0.341 e. The van der Waals surface area contributed by atoms with Crippen LogP contribution in [0.4, 0.5) is 0 Å². The maximum atomic E-state index is 12.5. The second-order valence-corrected chi connectivity index (χ2v) is 7.13. The highest BCUT2D eigenvalue weighted by molar-refractivity contribution is 6.31. The fourth-order valence-corrected chi connectivity index (χ4v) is 2.65. The second-order valence-electron chi connectivity index (χ2n) is 6.69. The van der Waals surface area contributed by atoms with E-state index in [1.807, 2.05) is 0 Å². The Morgan fingerprint density at radius 2 is 1.90 bits per heavy atom. The van der Waals surface area contributed by atoms with E-state index in [0.717, 1.165) is 0 Å². The van der Waals surface area contributed by atoms with Gasteiger partial charge in [0.15, 0.2) is 6.61 Å². The number of ether oxygens (including phenoxy) is 1. The lowest BCUT2D eigenvalue weighted by Gasteiger charge is -2.20. The van der Waals surface area contributed by atoms with Crippen LogP contribution < -0.4 is 15.5 Å². The number of hydrogen-bond donors (Lipinski definition) is 3. The van der Waals surface area contributed by atoms with Gasteiger partial charge in [0, 0.05) is 10.6 Å². The Balaban J connectivity index is 1.99. The summed E-state index contributed by atoms with van der Waals surface area (Å²) in [7, 11) is 0. The lowest BCUT2D eigenvalue weighted by molar-refractivity contribution is -0.139. The molecule has 0 aromatic heterocycles. The van der Waals surface area contributed by atoms with Gasteiger partial charge in [-0.3, -0.25) is 9.59 Å². The largest absolute Gasteiger partial charge is 0.482 e. The van der Waals surface area contributed by atoms with E-state index in [-0.39, 0.29) is 5.92 Å². The van der Waals surface area contributed by atoms with E-state index in [1.54, 1.807) is 56.3 Å². The van der Waals surface area contributed by atoms with Crippen molar-refractivity contribution in [3.8, 4) is 5.75 Å². The van der Waals surface area contributed by atoms with E-state index in [2.05, 4.69) is 15.8 Å². The minimum absolute atomic E-state index is 0.184. The first kappa shape index (κ1) is 22.9. The van der Waals surface area contributed by atoms with Crippen LogP contribution in [-0.2, 0) is 9.59 Å². The van der Waals surface area contributed by atoms with Gasteiger partial charge in [-0.25, -0.2) is 10.2 Å². The zero-order valence-electron chi connectivity index (χ0n) is 16.5. The van der Waals surface area contributed by atoms with Gasteiger partial charge < -0.3 is 15.2 Å². The van der Waals surface area contributed by atoms with Crippen LogP contribution in [-0.4, -0.2) is 41.8 Å². The molecule has 1 unspecified atom stereocenters. The summed E-state index contributed by atoms with van der Waals surface area (Å²) in [6.45, 7) is 3.14. The number of nitrogens with one attached hydrogen (secondary N) is 2. The van der Waals surface area contributed by atoms with E-state index in [9.17, 15) is 14.4 Å². The monoisotopic (exact) mass is 431 g/mol. The van der Waals surface area contributed by atoms with Crippen molar-refractivity contribution >= 4 is 35.6 Å². The lowest BCUT2D eigenvalue weighted by Crippen LogP contribution is -2.48. The Kier molecular flexibility index (Phi) is 8.37. The molecule has 1 atom stereocenters. The Morgan fingerprint density at radius 3 is 2.57 bits per heavy atom. The van der Waals surface area contributed by atoms with Crippen molar-refractivity contribution in [2.24, 2.45) is 11.0 Å². The van der Waals surface area contributed by atoms with E-state index >= 15 is 0 Å². The van der Waals surface area contributed by atoms with Gasteiger partial charge in [-0.15, -0.1) is 0 Å². The summed E-state index contributed by atoms with van der Waals surface area (Å²) in [5, 5.41) is 15.7. The summed E-state index contributed by atoms with van der Waals surface area (Å²) < 4.78 is 5.09. The molecule has 2 aromatic carbocycles. The topological polar surface area (TPSA) is 117 Å². The van der Waals surface area contributed by atoms with Crippen LogP contribution in [0.25, 0.3) is 0 Å². The zero-order chi connectivity index (χ0) is 22.1. The fraction of sp³-hybridized carbons (Fsp3) is 0.238. The predicted octanol–water partition coefficient (Wildman–Crippen LogP) is 2.71. The van der Waals surface area contributed by atoms with Crippen molar-refractivity contribution < 1.29 is 24.2 Å². The number of halogens is 1. The molecule has 2 aromatic rings. The molecule has 0 saturated carbocycles. The quantitative estimate of drug-likeness (QED) is 0.417. The normalized spacial score (nSPS) is 11.9. The summed E-state index contributed by atoms with van der Waals surface area (Å²) in [5.41, 5.74) is 3.35. The summed E-state index contributed by atoms with van der Waals surface area (Å²) in [6, 6.07) is 12.2. The number of carbonyl (C=O) groups excluding carboxylic acids is 2. The average Bonchev–Trinajstić information content (AvgIpc) is 2.70. The van der Waals surface area contributed by atoms with E-state index in [0.29, 0.717) is 21.9 Å². The highest BCUT2D eigenvalue weighted by atomic mass is 35.5. The van der Waals surface area contributed by atoms with Crippen LogP contribution in [0.15, 0.2) is 53.6 Å². The number of carboxylic acids is 1. The molecule has 0 bridgehead atoms. The number of hydrogen-bond acceptors (Lipinski definition) is 5. The highest BCUT2D eigenvalue weighted by Gasteiger charge is 2.24. The van der Waals surface area contributed by atoms with Crippen molar-refractivity contribution in [1.29, 1.82) is 0 Å². The third-order valence-electron chi connectivity index (χ3n) is 3.93. The maximum absolute atomic E-state index is 12.5. The first-order valence-corrected chi connectivity index (χ1v) is 9.48. The van der Waals surface area contributed by atoms with E-state index in [1.165, 1.54) is 12.3 Å². The Bertz CT molecular complexity index is 946. The Hall–Kier alpha value is -3.39. The molecule has 0 heterocycles. The Morgan fingerprint density at radius 1 is 1.17 bits per heavy atom. The average molecular weight is 432 g/mol. The van der Waals surface area contributed by atoms with Crippen LogP contribution in [0.3, 0.4) is 0 Å². The van der Waals surface area contributed by atoms with E-state index in [4.69, 9.17) is 21.4 Å². The zero-order valence-corrected chi connectivity index (χ0v) is 17.2. The summed E-state index contributed by atoms with van der Waals surface area (Å²) >= 11 is 5.91. The second kappa shape index (κ2) is 11.0. The molecule has 0 fully saturated rings. The van der Waals surface area contributed by atoms with Crippen LogP contribution in [0, 0.1) is 5.92 Å². The van der Waals surface area contributed by atoms with Gasteiger partial charge in [-0.1, -0.05) is 43.6 Å². The number of amides is 2. The molecule has 2 rings (SSSR count). The lowest BCUT2D eigenvalue weighted by atomic mass is 10.0. The molecule has 30 heavy (non-hydrogen) atoms. The van der Waals surface area contributed by atoms with Gasteiger partial charge in [0.2, 0.25) is 0 Å². The summed E-state index contributed by atoms with van der Waals surface area (Å²) in [6.07, 6.45) is 1.39. The number of carboxylic acid groups (broad SMARTS) is 1. The number of nitrogens with zero attached hydrogens (tertiary/aromatic N) is 1. The number of hydrazone groups is 1. The van der Waals surface area contributed by atoms with Gasteiger partial charge in [-0.05, 0) is 41.8 Å². The first-order valence-electron chi connectivity index (χ1n) is 9.10. The predicted molar refractivity (Wildman–Crippen MR) is 113 cm³/mol. The van der Waals surface area contributed by atoms with Gasteiger partial charge in [0.25, 0.3) is 11.8 Å². The molecule has 8 nitrogen and oxygen atoms in total. The van der Waals surface area contributed by atoms with Gasteiger partial charge in [0.05, 0.1) is 6.21 Å². The molecule has 158 valence electrons. The summed E-state index contributed by atoms with van der Waals surface area (Å²) in [4.78, 5) is 35.5. The first-order chi connectivity index (χ1) is 14.3. The molecule has 2 amide bonds. The third kappa shape index (κ3) is 7.21. The molecular weight excluding hydrogens is 410 g/mol. The van der Waals surface area contributed by atoms with Crippen molar-refractivity contribution in [2.75, 3.05) is 6.61 Å². The molecular formula is C21H22ClN3O5. The minimum Gasteiger partial charge on any atom is -0.482 e. The number of benzene rings is 2. The van der Waals surface area contributed by atoms with Crippen molar-refractivity contribution in [3.05, 3.63) is 64.7 Å². The van der Waals surface area contributed by atoms with Crippen molar-refractivity contribution in [3.63, 3.8) is 0 Å². The van der Waals surface area contributed by atoms with Crippen molar-refractivity contribution in [1.82, 2.24) is 10.7 Å². The van der Waals surface area contributed by atoms with E-state index < -0.39 is 30.4 Å². The standard InChI is InChI=1S/C21H22ClN3O5/c1-13(2)19(24-20(28)15-6-4-7-16(22)10-15)21(29)25-23-11-14-5-3-8-17(9-14)30-12-18(26)27/h3-11,13,19H,12H2,1-2H3,(H,24,28)(H,25,29)(H,26,27)/b23-11+. The van der Waals surface area contributed by atoms with Crippen LogP contribution >= 0.6 is 11.6 Å². The molecule has 0 aliphatic rings. The van der Waals surface area contributed by atoms with Crippen molar-refractivity contribution in [2.45, 2.75) is 19.9 Å². The van der Waals surface area contributed by atoms with Gasteiger partial charge >= 0.3 is 5.97 Å². The molecule has 0 spiro atoms. The minimum atomic E-state index is -1.08.